The molecular weight excluding hydrogens is 192 g/mol. The zero-order valence-corrected chi connectivity index (χ0v) is 12.2. The molecule has 0 heterocycles. The molecule has 98 valence electrons. The first-order valence-electron chi connectivity index (χ1n) is 7.76. The van der Waals surface area contributed by atoms with Gasteiger partial charge in [-0.05, 0) is 11.8 Å². The number of hydrogen-bond donors (Lipinski definition) is 0. The Kier molecular flexibility index (Phi) is 11.5. The maximum atomic E-state index is 2.48. The van der Waals surface area contributed by atoms with E-state index in [9.17, 15) is 0 Å². The molecule has 0 saturated heterocycles. The molecule has 0 aliphatic carbocycles. The summed E-state index contributed by atoms with van der Waals surface area (Å²) in [5.41, 5.74) is 0. The molecule has 0 heteroatoms. The van der Waals surface area contributed by atoms with Crippen molar-refractivity contribution in [2.24, 2.45) is 11.8 Å². The molecule has 0 nitrogen and oxygen atoms in total. The Hall–Kier alpha value is 0. The van der Waals surface area contributed by atoms with Crippen LogP contribution in [0.2, 0.25) is 0 Å². The highest BCUT2D eigenvalue weighted by Gasteiger charge is 2.15. The van der Waals surface area contributed by atoms with E-state index in [0.29, 0.717) is 0 Å². The van der Waals surface area contributed by atoms with Crippen molar-refractivity contribution < 1.29 is 0 Å². The molecule has 0 N–H and O–H groups in total. The fourth-order valence-electron chi connectivity index (χ4n) is 2.68. The van der Waals surface area contributed by atoms with Gasteiger partial charge < -0.3 is 0 Å². The van der Waals surface area contributed by atoms with E-state index in [1.807, 2.05) is 0 Å². The molecule has 0 rings (SSSR count). The lowest BCUT2D eigenvalue weighted by Gasteiger charge is -2.23. The summed E-state index contributed by atoms with van der Waals surface area (Å²) in [6.07, 6.45) is 14.3. The van der Waals surface area contributed by atoms with Gasteiger partial charge in [0.1, 0.15) is 0 Å². The summed E-state index contributed by atoms with van der Waals surface area (Å²) in [6, 6.07) is 0. The summed E-state index contributed by atoms with van der Waals surface area (Å²) in [6.45, 7) is 9.43. The van der Waals surface area contributed by atoms with Gasteiger partial charge in [-0.25, -0.2) is 0 Å². The molecule has 0 radical (unpaired) electrons. The second-order valence-electron chi connectivity index (χ2n) is 5.52. The molecule has 0 spiro atoms. The lowest BCUT2D eigenvalue weighted by molar-refractivity contribution is 0.282. The highest BCUT2D eigenvalue weighted by Crippen LogP contribution is 2.27. The maximum absolute atomic E-state index is 2.48. The van der Waals surface area contributed by atoms with Crippen LogP contribution in [0.1, 0.15) is 91.9 Å². The number of hydrogen-bond acceptors (Lipinski definition) is 0. The van der Waals surface area contributed by atoms with E-state index in [4.69, 9.17) is 0 Å². The highest BCUT2D eigenvalue weighted by atomic mass is 14.2. The predicted octanol–water partition coefficient (Wildman–Crippen LogP) is 6.20. The van der Waals surface area contributed by atoms with Gasteiger partial charge in [0.2, 0.25) is 0 Å². The van der Waals surface area contributed by atoms with Gasteiger partial charge in [-0.3, -0.25) is 0 Å². The minimum atomic E-state index is 0.960. The monoisotopic (exact) mass is 226 g/mol. The Morgan fingerprint density at radius 3 is 1.88 bits per heavy atom. The van der Waals surface area contributed by atoms with E-state index in [-0.39, 0.29) is 0 Å². The fourth-order valence-corrected chi connectivity index (χ4v) is 2.68. The summed E-state index contributed by atoms with van der Waals surface area (Å²) in [4.78, 5) is 0. The number of unbranched alkanes of at least 4 members (excludes halogenated alkanes) is 4. The van der Waals surface area contributed by atoms with Crippen LogP contribution in [0.3, 0.4) is 0 Å². The van der Waals surface area contributed by atoms with Gasteiger partial charge in [0.05, 0.1) is 0 Å². The van der Waals surface area contributed by atoms with Crippen LogP contribution in [-0.4, -0.2) is 0 Å². The maximum Gasteiger partial charge on any atom is -0.0389 e. The van der Waals surface area contributed by atoms with E-state index in [1.165, 1.54) is 64.2 Å². The van der Waals surface area contributed by atoms with E-state index < -0.39 is 0 Å². The van der Waals surface area contributed by atoms with Gasteiger partial charge in [-0.1, -0.05) is 91.9 Å². The van der Waals surface area contributed by atoms with E-state index in [1.54, 1.807) is 0 Å². The van der Waals surface area contributed by atoms with Gasteiger partial charge in [0.25, 0.3) is 0 Å². The second-order valence-corrected chi connectivity index (χ2v) is 5.52. The molecule has 2 atom stereocenters. The van der Waals surface area contributed by atoms with Gasteiger partial charge >= 0.3 is 0 Å². The van der Waals surface area contributed by atoms with Crippen molar-refractivity contribution in [3.8, 4) is 0 Å². The quantitative estimate of drug-likeness (QED) is 0.368. The van der Waals surface area contributed by atoms with Crippen LogP contribution < -0.4 is 0 Å². The summed E-state index contributed by atoms with van der Waals surface area (Å²) in [5.74, 6) is 1.97. The van der Waals surface area contributed by atoms with Crippen LogP contribution in [0.15, 0.2) is 0 Å². The van der Waals surface area contributed by atoms with Crippen molar-refractivity contribution in [2.75, 3.05) is 0 Å². The van der Waals surface area contributed by atoms with E-state index in [2.05, 4.69) is 27.7 Å². The minimum absolute atomic E-state index is 0.960. The van der Waals surface area contributed by atoms with Gasteiger partial charge in [0.15, 0.2) is 0 Å². The largest absolute Gasteiger partial charge is 0.0654 e. The molecule has 0 aromatic carbocycles. The molecule has 0 aliphatic rings. The van der Waals surface area contributed by atoms with Crippen LogP contribution in [0.4, 0.5) is 0 Å². The SMILES string of the molecule is CCCCCCC(CCC)C(C)CCCC. The topological polar surface area (TPSA) is 0 Å². The van der Waals surface area contributed by atoms with Gasteiger partial charge in [-0.2, -0.15) is 0 Å². The van der Waals surface area contributed by atoms with Crippen LogP contribution >= 0.6 is 0 Å². The lowest BCUT2D eigenvalue weighted by atomic mass is 9.83. The third kappa shape index (κ3) is 8.19. The summed E-state index contributed by atoms with van der Waals surface area (Å²) >= 11 is 0. The first kappa shape index (κ1) is 16.0. The summed E-state index contributed by atoms with van der Waals surface area (Å²) < 4.78 is 0. The Balaban J connectivity index is 3.75. The third-order valence-electron chi connectivity index (χ3n) is 3.91. The molecule has 2 unspecified atom stereocenters. The molecule has 0 saturated carbocycles. The molecule has 0 fully saturated rings. The molecule has 0 bridgehead atoms. The van der Waals surface area contributed by atoms with Crippen LogP contribution in [0.5, 0.6) is 0 Å². The summed E-state index contributed by atoms with van der Waals surface area (Å²) in [7, 11) is 0. The van der Waals surface area contributed by atoms with Crippen molar-refractivity contribution in [1.82, 2.24) is 0 Å². The molecule has 0 aromatic heterocycles. The molecule has 0 amide bonds. The van der Waals surface area contributed by atoms with Crippen molar-refractivity contribution >= 4 is 0 Å². The first-order valence-corrected chi connectivity index (χ1v) is 7.76. The smallest absolute Gasteiger partial charge is 0.0389 e. The average Bonchev–Trinajstić information content (AvgIpc) is 2.30. The molecule has 0 aliphatic heterocycles. The van der Waals surface area contributed by atoms with Gasteiger partial charge in [0, 0.05) is 0 Å². The van der Waals surface area contributed by atoms with Crippen molar-refractivity contribution in [3.05, 3.63) is 0 Å². The average molecular weight is 226 g/mol. The number of rotatable bonds is 11. The van der Waals surface area contributed by atoms with Crippen LogP contribution in [-0.2, 0) is 0 Å². The van der Waals surface area contributed by atoms with Crippen molar-refractivity contribution in [1.29, 1.82) is 0 Å². The normalized spacial score (nSPS) is 15.0. The molecular formula is C16H34. The van der Waals surface area contributed by atoms with Crippen molar-refractivity contribution in [3.63, 3.8) is 0 Å². The van der Waals surface area contributed by atoms with Crippen LogP contribution in [0, 0.1) is 11.8 Å². The summed E-state index contributed by atoms with van der Waals surface area (Å²) in [5, 5.41) is 0. The Morgan fingerprint density at radius 1 is 0.625 bits per heavy atom. The third-order valence-corrected chi connectivity index (χ3v) is 3.91. The predicted molar refractivity (Wildman–Crippen MR) is 75.8 cm³/mol. The Morgan fingerprint density at radius 2 is 1.31 bits per heavy atom. The fraction of sp³-hybridized carbons (Fsp3) is 1.00. The highest BCUT2D eigenvalue weighted by molar-refractivity contribution is 4.66. The van der Waals surface area contributed by atoms with Crippen molar-refractivity contribution in [2.45, 2.75) is 91.9 Å². The molecule has 0 aromatic rings. The van der Waals surface area contributed by atoms with Gasteiger partial charge in [-0.15, -0.1) is 0 Å². The standard InChI is InChI=1S/C16H34/c1-5-8-10-11-14-16(12-7-3)15(4)13-9-6-2/h15-16H,5-14H2,1-4H3. The Labute approximate surface area is 104 Å². The lowest BCUT2D eigenvalue weighted by Crippen LogP contribution is -2.11. The van der Waals surface area contributed by atoms with Crippen LogP contribution in [0.25, 0.3) is 0 Å². The van der Waals surface area contributed by atoms with E-state index >= 15 is 0 Å². The first-order chi connectivity index (χ1) is 7.76. The Bertz CT molecular complexity index is 128. The minimum Gasteiger partial charge on any atom is -0.0654 e. The second kappa shape index (κ2) is 11.5. The van der Waals surface area contributed by atoms with E-state index in [0.717, 1.165) is 11.8 Å². The zero-order valence-electron chi connectivity index (χ0n) is 12.2. The molecule has 16 heavy (non-hydrogen) atoms. The zero-order chi connectivity index (χ0) is 12.2.